The van der Waals surface area contributed by atoms with Crippen molar-refractivity contribution in [1.29, 1.82) is 0 Å². The van der Waals surface area contributed by atoms with Crippen LogP contribution >= 0.6 is 0 Å². The van der Waals surface area contributed by atoms with Gasteiger partial charge in [0.25, 0.3) is 5.91 Å². The van der Waals surface area contributed by atoms with Crippen LogP contribution in [0, 0.1) is 0 Å². The summed E-state index contributed by atoms with van der Waals surface area (Å²) in [4.78, 5) is 24.1. The fourth-order valence-electron chi connectivity index (χ4n) is 2.94. The molecule has 0 spiro atoms. The van der Waals surface area contributed by atoms with E-state index in [4.69, 9.17) is 9.72 Å². The molecule has 0 atom stereocenters. The molecule has 3 aromatic rings. The lowest BCUT2D eigenvalue weighted by atomic mass is 10.2. The summed E-state index contributed by atoms with van der Waals surface area (Å²) >= 11 is 0. The molecule has 29 heavy (non-hydrogen) atoms. The Morgan fingerprint density at radius 3 is 2.38 bits per heavy atom. The predicted molar refractivity (Wildman–Crippen MR) is 115 cm³/mol. The van der Waals surface area contributed by atoms with Crippen LogP contribution in [0.2, 0.25) is 0 Å². The third kappa shape index (κ3) is 5.62. The number of aromatic nitrogens is 2. The van der Waals surface area contributed by atoms with E-state index in [1.54, 1.807) is 13.2 Å². The summed E-state index contributed by atoms with van der Waals surface area (Å²) in [5.41, 5.74) is 2.40. The van der Waals surface area contributed by atoms with E-state index < -0.39 is 0 Å². The van der Waals surface area contributed by atoms with Crippen LogP contribution < -0.4 is 10.2 Å². The van der Waals surface area contributed by atoms with Crippen molar-refractivity contribution in [2.45, 2.75) is 13.5 Å². The minimum Gasteiger partial charge on any atom is -0.383 e. The molecule has 6 nitrogen and oxygen atoms in total. The van der Waals surface area contributed by atoms with Crippen LogP contribution in [0.15, 0.2) is 66.7 Å². The van der Waals surface area contributed by atoms with Gasteiger partial charge in [-0.05, 0) is 12.5 Å². The number of anilines is 1. The van der Waals surface area contributed by atoms with Gasteiger partial charge in [0.1, 0.15) is 11.5 Å². The van der Waals surface area contributed by atoms with E-state index in [9.17, 15) is 4.79 Å². The number of rotatable bonds is 9. The van der Waals surface area contributed by atoms with Crippen LogP contribution in [-0.2, 0) is 11.3 Å². The Kier molecular flexibility index (Phi) is 7.30. The first kappa shape index (κ1) is 20.5. The molecule has 0 saturated carbocycles. The fourth-order valence-corrected chi connectivity index (χ4v) is 2.94. The molecule has 2 aromatic carbocycles. The first-order chi connectivity index (χ1) is 14.2. The highest BCUT2D eigenvalue weighted by Gasteiger charge is 2.16. The monoisotopic (exact) mass is 390 g/mol. The second-order valence-corrected chi connectivity index (χ2v) is 6.55. The summed E-state index contributed by atoms with van der Waals surface area (Å²) < 4.78 is 5.01. The van der Waals surface area contributed by atoms with Gasteiger partial charge in [-0.2, -0.15) is 0 Å². The molecule has 0 unspecified atom stereocenters. The zero-order chi connectivity index (χ0) is 20.5. The van der Waals surface area contributed by atoms with E-state index in [1.165, 1.54) is 5.56 Å². The summed E-state index contributed by atoms with van der Waals surface area (Å²) in [6.45, 7) is 4.41. The van der Waals surface area contributed by atoms with Crippen molar-refractivity contribution in [3.05, 3.63) is 78.0 Å². The highest BCUT2D eigenvalue weighted by atomic mass is 16.5. The minimum absolute atomic E-state index is 0.237. The van der Waals surface area contributed by atoms with Crippen LogP contribution in [0.25, 0.3) is 11.4 Å². The van der Waals surface area contributed by atoms with Crippen LogP contribution in [0.4, 0.5) is 5.82 Å². The fraction of sp³-hybridized carbons (Fsp3) is 0.261. The lowest BCUT2D eigenvalue weighted by Gasteiger charge is -2.23. The minimum atomic E-state index is -0.237. The number of hydrogen-bond acceptors (Lipinski definition) is 5. The molecule has 1 heterocycles. The van der Waals surface area contributed by atoms with Crippen LogP contribution in [0.5, 0.6) is 0 Å². The molecule has 0 radical (unpaired) electrons. The van der Waals surface area contributed by atoms with Gasteiger partial charge in [0.15, 0.2) is 5.82 Å². The number of carbonyl (C=O) groups is 1. The molecule has 1 aromatic heterocycles. The average Bonchev–Trinajstić information content (AvgIpc) is 2.78. The number of ether oxygens (including phenoxy) is 1. The SMILES string of the molecule is CCN(Cc1ccccc1)c1cc(C(=O)NCCOC)nc(-c2ccccc2)n1. The lowest BCUT2D eigenvalue weighted by Crippen LogP contribution is -2.29. The second kappa shape index (κ2) is 10.3. The van der Waals surface area contributed by atoms with Gasteiger partial charge in [0, 0.05) is 38.4 Å². The Balaban J connectivity index is 1.95. The van der Waals surface area contributed by atoms with Crippen molar-refractivity contribution >= 4 is 11.7 Å². The zero-order valence-corrected chi connectivity index (χ0v) is 16.8. The number of benzene rings is 2. The molecule has 0 saturated heterocycles. The summed E-state index contributed by atoms with van der Waals surface area (Å²) in [6, 6.07) is 21.7. The molecule has 150 valence electrons. The largest absolute Gasteiger partial charge is 0.383 e. The van der Waals surface area contributed by atoms with Gasteiger partial charge in [-0.1, -0.05) is 60.7 Å². The summed E-state index contributed by atoms with van der Waals surface area (Å²) in [5, 5.41) is 2.84. The topological polar surface area (TPSA) is 67.4 Å². The first-order valence-electron chi connectivity index (χ1n) is 9.71. The standard InChI is InChI=1S/C23H26N4O2/c1-3-27(17-18-10-6-4-7-11-18)21-16-20(23(28)24-14-15-29-2)25-22(26-21)19-12-8-5-9-13-19/h4-13,16H,3,14-15,17H2,1-2H3,(H,24,28). The number of nitrogens with zero attached hydrogens (tertiary/aromatic N) is 3. The summed E-state index contributed by atoms with van der Waals surface area (Å²) in [6.07, 6.45) is 0. The summed E-state index contributed by atoms with van der Waals surface area (Å²) in [7, 11) is 1.60. The quantitative estimate of drug-likeness (QED) is 0.566. The number of carbonyl (C=O) groups excluding carboxylic acids is 1. The maximum Gasteiger partial charge on any atom is 0.270 e. The highest BCUT2D eigenvalue weighted by Crippen LogP contribution is 2.21. The lowest BCUT2D eigenvalue weighted by molar-refractivity contribution is 0.0932. The maximum atomic E-state index is 12.6. The zero-order valence-electron chi connectivity index (χ0n) is 16.8. The van der Waals surface area contributed by atoms with Crippen molar-refractivity contribution in [2.24, 2.45) is 0 Å². The van der Waals surface area contributed by atoms with Gasteiger partial charge in [-0.3, -0.25) is 4.79 Å². The molecule has 1 amide bonds. The van der Waals surface area contributed by atoms with Crippen LogP contribution in [-0.4, -0.2) is 42.7 Å². The smallest absolute Gasteiger partial charge is 0.270 e. The number of nitrogens with one attached hydrogen (secondary N) is 1. The number of hydrogen-bond donors (Lipinski definition) is 1. The van der Waals surface area contributed by atoms with E-state index in [0.29, 0.717) is 31.2 Å². The van der Waals surface area contributed by atoms with Crippen molar-refractivity contribution in [3.63, 3.8) is 0 Å². The molecule has 0 bridgehead atoms. The highest BCUT2D eigenvalue weighted by molar-refractivity contribution is 5.93. The van der Waals surface area contributed by atoms with Gasteiger partial charge >= 0.3 is 0 Å². The molecule has 6 heteroatoms. The number of methoxy groups -OCH3 is 1. The molecule has 0 fully saturated rings. The molecule has 0 aliphatic rings. The Hall–Kier alpha value is -3.25. The van der Waals surface area contributed by atoms with Gasteiger partial charge in [-0.25, -0.2) is 9.97 Å². The molecular weight excluding hydrogens is 364 g/mol. The predicted octanol–water partition coefficient (Wildman–Crippen LogP) is 3.55. The van der Waals surface area contributed by atoms with Gasteiger partial charge in [0.2, 0.25) is 0 Å². The Morgan fingerprint density at radius 2 is 1.72 bits per heavy atom. The molecule has 3 rings (SSSR count). The third-order valence-corrected chi connectivity index (χ3v) is 4.49. The van der Waals surface area contributed by atoms with E-state index in [0.717, 1.165) is 17.9 Å². The van der Waals surface area contributed by atoms with E-state index in [2.05, 4.69) is 34.3 Å². The van der Waals surface area contributed by atoms with E-state index in [1.807, 2.05) is 48.5 Å². The third-order valence-electron chi connectivity index (χ3n) is 4.49. The van der Waals surface area contributed by atoms with Crippen molar-refractivity contribution in [2.75, 3.05) is 31.7 Å². The van der Waals surface area contributed by atoms with Gasteiger partial charge in [-0.15, -0.1) is 0 Å². The summed E-state index contributed by atoms with van der Waals surface area (Å²) in [5.74, 6) is 1.02. The maximum absolute atomic E-state index is 12.6. The Morgan fingerprint density at radius 1 is 1.03 bits per heavy atom. The number of amides is 1. The average molecular weight is 390 g/mol. The van der Waals surface area contributed by atoms with Crippen LogP contribution in [0.1, 0.15) is 23.0 Å². The molecule has 0 aliphatic heterocycles. The normalized spacial score (nSPS) is 10.6. The molecule has 0 aliphatic carbocycles. The van der Waals surface area contributed by atoms with Crippen molar-refractivity contribution in [1.82, 2.24) is 15.3 Å². The second-order valence-electron chi connectivity index (χ2n) is 6.55. The first-order valence-corrected chi connectivity index (χ1v) is 9.71. The van der Waals surface area contributed by atoms with Gasteiger partial charge in [0.05, 0.1) is 6.61 Å². The van der Waals surface area contributed by atoms with Gasteiger partial charge < -0.3 is 15.0 Å². The van der Waals surface area contributed by atoms with Crippen LogP contribution in [0.3, 0.4) is 0 Å². The Bertz CT molecular complexity index is 917. The van der Waals surface area contributed by atoms with E-state index in [-0.39, 0.29) is 5.91 Å². The van der Waals surface area contributed by atoms with Crippen molar-refractivity contribution in [3.8, 4) is 11.4 Å². The van der Waals surface area contributed by atoms with Crippen molar-refractivity contribution < 1.29 is 9.53 Å². The Labute approximate surface area is 171 Å². The molecule has 1 N–H and O–H groups in total. The van der Waals surface area contributed by atoms with E-state index >= 15 is 0 Å². The molecular formula is C23H26N4O2.